The van der Waals surface area contributed by atoms with Crippen molar-refractivity contribution in [3.63, 3.8) is 0 Å². The first-order valence-electron chi connectivity index (χ1n) is 8.92. The van der Waals surface area contributed by atoms with E-state index >= 15 is 0 Å². The van der Waals surface area contributed by atoms with E-state index in [1.165, 1.54) is 11.1 Å². The maximum absolute atomic E-state index is 12.4. The monoisotopic (exact) mass is 342 g/mol. The van der Waals surface area contributed by atoms with E-state index in [0.29, 0.717) is 11.0 Å². The van der Waals surface area contributed by atoms with E-state index in [0.717, 1.165) is 34.9 Å². The van der Waals surface area contributed by atoms with Crippen LogP contribution in [0.4, 0.5) is 0 Å². The second-order valence-corrected chi connectivity index (χ2v) is 6.86. The molecule has 0 N–H and O–H groups in total. The number of ether oxygens (including phenoxy) is 1. The Morgan fingerprint density at radius 3 is 2.46 bits per heavy atom. The minimum absolute atomic E-state index is 0.0343. The largest absolute Gasteiger partial charge is 0.485 e. The van der Waals surface area contributed by atoms with Crippen molar-refractivity contribution in [1.82, 2.24) is 0 Å². The van der Waals surface area contributed by atoms with Crippen molar-refractivity contribution < 1.29 is 9.15 Å². The maximum Gasteiger partial charge on any atom is 0.344 e. The van der Waals surface area contributed by atoms with Crippen LogP contribution >= 0.6 is 0 Å². The summed E-state index contributed by atoms with van der Waals surface area (Å²) >= 11 is 0. The quantitative estimate of drug-likeness (QED) is 0.347. The Hall–Kier alpha value is -3.07. The first-order chi connectivity index (χ1) is 12.7. The summed E-state index contributed by atoms with van der Waals surface area (Å²) in [4.78, 5) is 12.4. The summed E-state index contributed by atoms with van der Waals surface area (Å²) in [6, 6.07) is 20.0. The number of hydrogen-bond acceptors (Lipinski definition) is 3. The van der Waals surface area contributed by atoms with Gasteiger partial charge in [-0.3, -0.25) is 0 Å². The molecule has 5 rings (SSSR count). The molecule has 26 heavy (non-hydrogen) atoms. The molecule has 0 fully saturated rings. The summed E-state index contributed by atoms with van der Waals surface area (Å²) in [5.74, 6) is 0.857. The average Bonchev–Trinajstić information content (AvgIpc) is 2.70. The fraction of sp³-hybridized carbons (Fsp3) is 0.174. The molecule has 1 atom stereocenters. The van der Waals surface area contributed by atoms with E-state index in [9.17, 15) is 4.79 Å². The molecule has 1 aliphatic heterocycles. The van der Waals surface area contributed by atoms with Crippen LogP contribution in [-0.2, 0) is 6.42 Å². The molecule has 3 nitrogen and oxygen atoms in total. The summed E-state index contributed by atoms with van der Waals surface area (Å²) in [6.45, 7) is 1.98. The van der Waals surface area contributed by atoms with Crippen LogP contribution in [-0.4, -0.2) is 0 Å². The van der Waals surface area contributed by atoms with E-state index < -0.39 is 0 Å². The minimum Gasteiger partial charge on any atom is -0.485 e. The van der Waals surface area contributed by atoms with Crippen molar-refractivity contribution in [2.45, 2.75) is 25.9 Å². The van der Waals surface area contributed by atoms with Gasteiger partial charge in [0.2, 0.25) is 0 Å². The Bertz CT molecular complexity index is 1190. The zero-order chi connectivity index (χ0) is 17.7. The van der Waals surface area contributed by atoms with Crippen LogP contribution < -0.4 is 10.4 Å². The highest BCUT2D eigenvalue weighted by atomic mass is 16.5. The molecule has 0 saturated heterocycles. The van der Waals surface area contributed by atoms with Crippen LogP contribution in [0.5, 0.6) is 5.75 Å². The Morgan fingerprint density at radius 1 is 0.923 bits per heavy atom. The zero-order valence-electron chi connectivity index (χ0n) is 14.5. The van der Waals surface area contributed by atoms with Gasteiger partial charge in [0.1, 0.15) is 17.4 Å². The van der Waals surface area contributed by atoms with E-state index in [4.69, 9.17) is 9.15 Å². The van der Waals surface area contributed by atoms with Gasteiger partial charge < -0.3 is 9.15 Å². The van der Waals surface area contributed by atoms with Gasteiger partial charge in [-0.2, -0.15) is 0 Å². The maximum atomic E-state index is 12.4. The molecule has 0 aliphatic carbocycles. The van der Waals surface area contributed by atoms with Crippen molar-refractivity contribution >= 4 is 21.7 Å². The van der Waals surface area contributed by atoms with E-state index in [1.54, 1.807) is 0 Å². The average molecular weight is 342 g/mol. The number of aryl methyl sites for hydroxylation is 2. The van der Waals surface area contributed by atoms with Crippen LogP contribution in [0.25, 0.3) is 21.7 Å². The van der Waals surface area contributed by atoms with E-state index in [2.05, 4.69) is 18.2 Å². The molecule has 0 saturated carbocycles. The molecule has 0 spiro atoms. The first-order valence-corrected chi connectivity index (χ1v) is 8.92. The summed E-state index contributed by atoms with van der Waals surface area (Å²) in [5.41, 5.74) is 3.59. The molecule has 128 valence electrons. The van der Waals surface area contributed by atoms with Gasteiger partial charge in [-0.05, 0) is 48.4 Å². The van der Waals surface area contributed by atoms with Gasteiger partial charge in [0.05, 0.1) is 5.39 Å². The lowest BCUT2D eigenvalue weighted by Gasteiger charge is -2.28. The molecule has 0 bridgehead atoms. The third kappa shape index (κ3) is 2.24. The van der Waals surface area contributed by atoms with Gasteiger partial charge in [-0.1, -0.05) is 48.5 Å². The summed E-state index contributed by atoms with van der Waals surface area (Å²) in [6.07, 6.45) is 1.92. The Labute approximate surface area is 150 Å². The number of fused-ring (bicyclic) bond motifs is 4. The van der Waals surface area contributed by atoms with Crippen molar-refractivity contribution in [2.24, 2.45) is 0 Å². The molecule has 0 radical (unpaired) electrons. The molecular weight excluding hydrogens is 324 g/mol. The molecule has 1 aromatic heterocycles. The van der Waals surface area contributed by atoms with Crippen LogP contribution in [0.2, 0.25) is 0 Å². The van der Waals surface area contributed by atoms with Crippen molar-refractivity contribution in [2.75, 3.05) is 0 Å². The number of hydrogen-bond donors (Lipinski definition) is 0. The lowest BCUT2D eigenvalue weighted by molar-refractivity contribution is 0.175. The van der Waals surface area contributed by atoms with Gasteiger partial charge in [0.15, 0.2) is 0 Å². The number of benzene rings is 3. The third-order valence-electron chi connectivity index (χ3n) is 5.28. The SMILES string of the molecule is Cc1c2c(cc3c1oc(=O)c1ccccc13)CCC(c1ccccc1)O2. The summed E-state index contributed by atoms with van der Waals surface area (Å²) in [7, 11) is 0. The Kier molecular flexibility index (Phi) is 3.35. The van der Waals surface area contributed by atoms with Gasteiger partial charge in [-0.25, -0.2) is 4.79 Å². The molecular formula is C23H18O3. The smallest absolute Gasteiger partial charge is 0.344 e. The third-order valence-corrected chi connectivity index (χ3v) is 5.28. The van der Waals surface area contributed by atoms with Crippen LogP contribution in [0.3, 0.4) is 0 Å². The molecule has 3 heteroatoms. The van der Waals surface area contributed by atoms with Crippen LogP contribution in [0.15, 0.2) is 69.9 Å². The van der Waals surface area contributed by atoms with Crippen molar-refractivity contribution in [3.8, 4) is 5.75 Å². The highest BCUT2D eigenvalue weighted by Gasteiger charge is 2.25. The Morgan fingerprint density at radius 2 is 1.65 bits per heavy atom. The summed E-state index contributed by atoms with van der Waals surface area (Å²) < 4.78 is 12.0. The first kappa shape index (κ1) is 15.2. The molecule has 0 amide bonds. The topological polar surface area (TPSA) is 39.4 Å². The number of rotatable bonds is 1. The molecule has 3 aromatic carbocycles. The van der Waals surface area contributed by atoms with E-state index in [1.807, 2.05) is 49.4 Å². The second kappa shape index (κ2) is 5.73. The van der Waals surface area contributed by atoms with Crippen LogP contribution in [0, 0.1) is 6.92 Å². The standard InChI is InChI=1S/C23H18O3/c1-14-21-16(11-12-20(25-21)15-7-3-2-4-8-15)13-19-17-9-5-6-10-18(17)23(24)26-22(14)19/h2-10,13,20H,11-12H2,1H3. The molecule has 4 aromatic rings. The van der Waals surface area contributed by atoms with Gasteiger partial charge in [0, 0.05) is 10.9 Å². The fourth-order valence-electron chi connectivity index (χ4n) is 3.97. The summed E-state index contributed by atoms with van der Waals surface area (Å²) in [5, 5.41) is 2.55. The predicted octanol–water partition coefficient (Wildman–Crippen LogP) is 5.32. The Balaban J connectivity index is 1.72. The molecule has 2 heterocycles. The van der Waals surface area contributed by atoms with Gasteiger partial charge in [0.25, 0.3) is 0 Å². The zero-order valence-corrected chi connectivity index (χ0v) is 14.5. The highest BCUT2D eigenvalue weighted by molar-refractivity contribution is 6.06. The van der Waals surface area contributed by atoms with Gasteiger partial charge >= 0.3 is 5.63 Å². The fourth-order valence-corrected chi connectivity index (χ4v) is 3.97. The molecule has 1 unspecified atom stereocenters. The van der Waals surface area contributed by atoms with E-state index in [-0.39, 0.29) is 11.7 Å². The lowest BCUT2D eigenvalue weighted by Crippen LogP contribution is -2.16. The lowest BCUT2D eigenvalue weighted by atomic mass is 9.93. The van der Waals surface area contributed by atoms with Crippen molar-refractivity contribution in [3.05, 3.63) is 87.8 Å². The van der Waals surface area contributed by atoms with Crippen LogP contribution in [0.1, 0.15) is 29.2 Å². The molecule has 1 aliphatic rings. The normalized spacial score (nSPS) is 16.4. The predicted molar refractivity (Wildman–Crippen MR) is 103 cm³/mol. The van der Waals surface area contributed by atoms with Gasteiger partial charge in [-0.15, -0.1) is 0 Å². The second-order valence-electron chi connectivity index (χ2n) is 6.86. The highest BCUT2D eigenvalue weighted by Crippen LogP contribution is 2.41. The van der Waals surface area contributed by atoms with Crippen molar-refractivity contribution in [1.29, 1.82) is 0 Å². The minimum atomic E-state index is -0.299.